The quantitative estimate of drug-likeness (QED) is 0.858. The minimum atomic E-state index is -1.07. The van der Waals surface area contributed by atoms with Crippen molar-refractivity contribution in [1.82, 2.24) is 9.97 Å². The van der Waals surface area contributed by atoms with Crippen LogP contribution in [0.25, 0.3) is 11.4 Å². The van der Waals surface area contributed by atoms with Crippen LogP contribution in [0.2, 0.25) is 0 Å². The van der Waals surface area contributed by atoms with Crippen LogP contribution in [0.1, 0.15) is 10.5 Å². The first-order valence-corrected chi connectivity index (χ1v) is 5.29. The van der Waals surface area contributed by atoms with Gasteiger partial charge in [-0.15, -0.1) is 0 Å². The topological polar surface area (TPSA) is 63.1 Å². The Kier molecular flexibility index (Phi) is 2.96. The van der Waals surface area contributed by atoms with Crippen LogP contribution in [0.5, 0.6) is 0 Å². The maximum atomic E-state index is 10.8. The number of nitrogens with zero attached hydrogens (tertiary/aromatic N) is 2. The fourth-order valence-electron chi connectivity index (χ4n) is 1.24. The van der Waals surface area contributed by atoms with E-state index in [1.807, 2.05) is 30.3 Å². The normalized spacial score (nSPS) is 10.1. The average molecular weight is 279 g/mol. The van der Waals surface area contributed by atoms with Crippen LogP contribution in [0.3, 0.4) is 0 Å². The largest absolute Gasteiger partial charge is 0.477 e. The van der Waals surface area contributed by atoms with Crippen molar-refractivity contribution < 1.29 is 9.90 Å². The van der Waals surface area contributed by atoms with Crippen LogP contribution in [0, 0.1) is 0 Å². The number of rotatable bonds is 2. The van der Waals surface area contributed by atoms with Gasteiger partial charge in [-0.25, -0.2) is 14.8 Å². The Hall–Kier alpha value is -1.75. The summed E-state index contributed by atoms with van der Waals surface area (Å²) in [5.41, 5.74) is 0.757. The maximum Gasteiger partial charge on any atom is 0.354 e. The zero-order valence-electron chi connectivity index (χ0n) is 8.09. The molecule has 0 spiro atoms. The standard InChI is InChI=1S/C11H7BrN2O2/c12-9-6-8(11(15)16)13-10(14-9)7-4-2-1-3-5-7/h1-6H,(H,15,16). The zero-order valence-corrected chi connectivity index (χ0v) is 9.68. The third-order valence-corrected chi connectivity index (χ3v) is 2.35. The van der Waals surface area contributed by atoms with E-state index in [9.17, 15) is 4.79 Å². The summed E-state index contributed by atoms with van der Waals surface area (Å²) in [4.78, 5) is 18.9. The van der Waals surface area contributed by atoms with Gasteiger partial charge in [-0.05, 0) is 15.9 Å². The summed E-state index contributed by atoms with van der Waals surface area (Å²) in [5, 5.41) is 8.87. The molecule has 4 nitrogen and oxygen atoms in total. The molecule has 2 rings (SSSR count). The molecule has 0 aliphatic carbocycles. The fraction of sp³-hybridized carbons (Fsp3) is 0. The maximum absolute atomic E-state index is 10.8. The van der Waals surface area contributed by atoms with Crippen molar-refractivity contribution in [3.05, 3.63) is 46.7 Å². The molecular formula is C11H7BrN2O2. The molecule has 1 N–H and O–H groups in total. The summed E-state index contributed by atoms with van der Waals surface area (Å²) in [5.74, 6) is -0.673. The Balaban J connectivity index is 2.54. The molecule has 1 aromatic carbocycles. The van der Waals surface area contributed by atoms with E-state index in [4.69, 9.17) is 5.11 Å². The molecule has 0 saturated heterocycles. The lowest BCUT2D eigenvalue weighted by atomic mass is 10.2. The molecule has 5 heteroatoms. The van der Waals surface area contributed by atoms with Crippen molar-refractivity contribution >= 4 is 21.9 Å². The molecule has 0 fully saturated rings. The Morgan fingerprint density at radius 3 is 2.50 bits per heavy atom. The lowest BCUT2D eigenvalue weighted by molar-refractivity contribution is 0.0690. The van der Waals surface area contributed by atoms with E-state index in [-0.39, 0.29) is 5.69 Å². The summed E-state index contributed by atoms with van der Waals surface area (Å²) in [6, 6.07) is 10.6. The third-order valence-electron chi connectivity index (χ3n) is 1.95. The molecule has 1 heterocycles. The molecule has 0 aliphatic rings. The van der Waals surface area contributed by atoms with E-state index in [2.05, 4.69) is 25.9 Å². The van der Waals surface area contributed by atoms with Crippen LogP contribution >= 0.6 is 15.9 Å². The number of carboxylic acid groups (broad SMARTS) is 1. The van der Waals surface area contributed by atoms with Crippen molar-refractivity contribution in [2.75, 3.05) is 0 Å². The smallest absolute Gasteiger partial charge is 0.354 e. The van der Waals surface area contributed by atoms with Crippen molar-refractivity contribution in [3.63, 3.8) is 0 Å². The number of carbonyl (C=O) groups is 1. The van der Waals surface area contributed by atoms with Crippen molar-refractivity contribution in [1.29, 1.82) is 0 Å². The molecule has 1 aromatic heterocycles. The van der Waals surface area contributed by atoms with Crippen LogP contribution in [0.4, 0.5) is 0 Å². The van der Waals surface area contributed by atoms with Gasteiger partial charge in [0.25, 0.3) is 0 Å². The number of hydrogen-bond acceptors (Lipinski definition) is 3. The first-order chi connectivity index (χ1) is 7.66. The Morgan fingerprint density at radius 2 is 1.88 bits per heavy atom. The molecule has 0 aliphatic heterocycles. The predicted octanol–water partition coefficient (Wildman–Crippen LogP) is 2.60. The van der Waals surface area contributed by atoms with Gasteiger partial charge in [0.15, 0.2) is 11.5 Å². The number of benzene rings is 1. The van der Waals surface area contributed by atoms with E-state index in [1.54, 1.807) is 0 Å². The van der Waals surface area contributed by atoms with Crippen LogP contribution in [-0.2, 0) is 0 Å². The van der Waals surface area contributed by atoms with Gasteiger partial charge < -0.3 is 5.11 Å². The molecule has 0 unspecified atom stereocenters. The number of hydrogen-bond donors (Lipinski definition) is 1. The first-order valence-electron chi connectivity index (χ1n) is 4.50. The molecular weight excluding hydrogens is 272 g/mol. The predicted molar refractivity (Wildman–Crippen MR) is 62.1 cm³/mol. The van der Waals surface area contributed by atoms with Gasteiger partial charge in [0.1, 0.15) is 4.60 Å². The lowest BCUT2D eigenvalue weighted by Gasteiger charge is -2.02. The monoisotopic (exact) mass is 278 g/mol. The molecule has 16 heavy (non-hydrogen) atoms. The second-order valence-electron chi connectivity index (χ2n) is 3.07. The van der Waals surface area contributed by atoms with Crippen molar-refractivity contribution in [2.24, 2.45) is 0 Å². The SMILES string of the molecule is O=C(O)c1cc(Br)nc(-c2ccccc2)n1. The molecule has 0 radical (unpaired) electrons. The fourth-order valence-corrected chi connectivity index (χ4v) is 1.63. The van der Waals surface area contributed by atoms with Crippen LogP contribution in [0.15, 0.2) is 41.0 Å². The molecule has 2 aromatic rings. The van der Waals surface area contributed by atoms with E-state index in [1.165, 1.54) is 6.07 Å². The summed E-state index contributed by atoms with van der Waals surface area (Å²) < 4.78 is 0.457. The van der Waals surface area contributed by atoms with Gasteiger partial charge in [0.05, 0.1) is 0 Å². The summed E-state index contributed by atoms with van der Waals surface area (Å²) >= 11 is 3.16. The van der Waals surface area contributed by atoms with Gasteiger partial charge in [-0.2, -0.15) is 0 Å². The van der Waals surface area contributed by atoms with E-state index < -0.39 is 5.97 Å². The van der Waals surface area contributed by atoms with Gasteiger partial charge in [-0.3, -0.25) is 0 Å². The molecule has 80 valence electrons. The average Bonchev–Trinajstić information content (AvgIpc) is 2.29. The van der Waals surface area contributed by atoms with Gasteiger partial charge in [-0.1, -0.05) is 30.3 Å². The highest BCUT2D eigenvalue weighted by Gasteiger charge is 2.10. The first kappa shape index (κ1) is 10.8. The second kappa shape index (κ2) is 4.40. The minimum absolute atomic E-state index is 0.0271. The second-order valence-corrected chi connectivity index (χ2v) is 3.88. The van der Waals surface area contributed by atoms with Gasteiger partial charge in [0.2, 0.25) is 0 Å². The summed E-state index contributed by atoms with van der Waals surface area (Å²) in [7, 11) is 0. The number of aromatic nitrogens is 2. The molecule has 0 amide bonds. The molecule has 0 atom stereocenters. The van der Waals surface area contributed by atoms with Crippen molar-refractivity contribution in [3.8, 4) is 11.4 Å². The Bertz CT molecular complexity index is 529. The summed E-state index contributed by atoms with van der Waals surface area (Å²) in [6.45, 7) is 0. The lowest BCUT2D eigenvalue weighted by Crippen LogP contribution is -2.03. The summed E-state index contributed by atoms with van der Waals surface area (Å²) in [6.07, 6.45) is 0. The van der Waals surface area contributed by atoms with E-state index in [0.29, 0.717) is 10.4 Å². The van der Waals surface area contributed by atoms with Gasteiger partial charge >= 0.3 is 5.97 Å². The Morgan fingerprint density at radius 1 is 1.19 bits per heavy atom. The van der Waals surface area contributed by atoms with E-state index in [0.717, 1.165) is 5.56 Å². The van der Waals surface area contributed by atoms with Crippen LogP contribution < -0.4 is 0 Å². The number of carboxylic acids is 1. The molecule has 0 saturated carbocycles. The highest BCUT2D eigenvalue weighted by atomic mass is 79.9. The number of halogens is 1. The van der Waals surface area contributed by atoms with Crippen molar-refractivity contribution in [2.45, 2.75) is 0 Å². The third kappa shape index (κ3) is 2.25. The highest BCUT2D eigenvalue weighted by molar-refractivity contribution is 9.10. The van der Waals surface area contributed by atoms with E-state index >= 15 is 0 Å². The zero-order chi connectivity index (χ0) is 11.5. The molecule has 0 bridgehead atoms. The van der Waals surface area contributed by atoms with Gasteiger partial charge in [0, 0.05) is 11.6 Å². The Labute approximate surface area is 100 Å². The van der Waals surface area contributed by atoms with Crippen LogP contribution in [-0.4, -0.2) is 21.0 Å². The minimum Gasteiger partial charge on any atom is -0.477 e. The number of aromatic carboxylic acids is 1. The highest BCUT2D eigenvalue weighted by Crippen LogP contribution is 2.17.